The first-order valence-corrected chi connectivity index (χ1v) is 8.84. The number of ether oxygens (including phenoxy) is 1. The van der Waals surface area contributed by atoms with E-state index in [1.165, 1.54) is 0 Å². The van der Waals surface area contributed by atoms with Crippen LogP contribution in [0, 0.1) is 0 Å². The van der Waals surface area contributed by atoms with E-state index >= 15 is 0 Å². The van der Waals surface area contributed by atoms with Crippen LogP contribution in [0.2, 0.25) is 0 Å². The van der Waals surface area contributed by atoms with E-state index in [1.54, 1.807) is 0 Å². The molecule has 0 unspecified atom stereocenters. The van der Waals surface area contributed by atoms with Gasteiger partial charge in [-0.15, -0.1) is 0 Å². The standard InChI is InChI=1S/C21H28N2O3/c1-21(2,3)26-20(25)23-18(14-16-10-6-4-7-11-16)19(24)15-22-17-12-8-5-9-13-17/h4-13,18-19,22,24H,14-15H2,1-3H3,(H,23,25)/t18-,19+/m0/s1. The zero-order valence-corrected chi connectivity index (χ0v) is 15.6. The fraction of sp³-hybridized carbons (Fsp3) is 0.381. The van der Waals surface area contributed by atoms with Crippen LogP contribution in [0.25, 0.3) is 0 Å². The van der Waals surface area contributed by atoms with Gasteiger partial charge in [-0.2, -0.15) is 0 Å². The zero-order chi connectivity index (χ0) is 19.0. The van der Waals surface area contributed by atoms with Gasteiger partial charge in [-0.1, -0.05) is 48.5 Å². The maximum atomic E-state index is 12.2. The fourth-order valence-electron chi connectivity index (χ4n) is 2.53. The molecule has 2 rings (SSSR count). The molecule has 0 radical (unpaired) electrons. The lowest BCUT2D eigenvalue weighted by Crippen LogP contribution is -2.49. The number of amides is 1. The van der Waals surface area contributed by atoms with Gasteiger partial charge in [-0.05, 0) is 44.9 Å². The second-order valence-corrected chi connectivity index (χ2v) is 7.26. The van der Waals surface area contributed by atoms with Crippen LogP contribution in [-0.2, 0) is 11.2 Å². The molecule has 3 N–H and O–H groups in total. The molecule has 2 aromatic carbocycles. The Morgan fingerprint density at radius 1 is 1.04 bits per heavy atom. The van der Waals surface area contributed by atoms with Gasteiger partial charge in [-0.25, -0.2) is 4.79 Å². The van der Waals surface area contributed by atoms with E-state index < -0.39 is 23.8 Å². The summed E-state index contributed by atoms with van der Waals surface area (Å²) in [5.74, 6) is 0. The van der Waals surface area contributed by atoms with Gasteiger partial charge < -0.3 is 20.5 Å². The summed E-state index contributed by atoms with van der Waals surface area (Å²) in [5, 5.41) is 16.6. The monoisotopic (exact) mass is 356 g/mol. The predicted octanol–water partition coefficient (Wildman–Crippen LogP) is 3.60. The molecular formula is C21H28N2O3. The Hall–Kier alpha value is -2.53. The molecule has 0 aliphatic rings. The summed E-state index contributed by atoms with van der Waals surface area (Å²) in [6.45, 7) is 5.75. The third-order valence-electron chi connectivity index (χ3n) is 3.75. The van der Waals surface area contributed by atoms with E-state index in [-0.39, 0.29) is 0 Å². The molecule has 0 spiro atoms. The van der Waals surface area contributed by atoms with Gasteiger partial charge in [0.2, 0.25) is 0 Å². The van der Waals surface area contributed by atoms with Crippen molar-refractivity contribution in [2.24, 2.45) is 0 Å². The van der Waals surface area contributed by atoms with E-state index in [0.29, 0.717) is 13.0 Å². The van der Waals surface area contributed by atoms with Crippen LogP contribution in [0.4, 0.5) is 10.5 Å². The molecule has 0 saturated carbocycles. The first-order chi connectivity index (χ1) is 12.3. The van der Waals surface area contributed by atoms with E-state index in [4.69, 9.17) is 4.74 Å². The third-order valence-corrected chi connectivity index (χ3v) is 3.75. The normalized spacial score (nSPS) is 13.5. The first kappa shape index (κ1) is 19.8. The number of carbonyl (C=O) groups excluding carboxylic acids is 1. The fourth-order valence-corrected chi connectivity index (χ4v) is 2.53. The first-order valence-electron chi connectivity index (χ1n) is 8.84. The van der Waals surface area contributed by atoms with E-state index in [9.17, 15) is 9.90 Å². The SMILES string of the molecule is CC(C)(C)OC(=O)N[C@@H](Cc1ccccc1)[C@H](O)CNc1ccccc1. The van der Waals surface area contributed by atoms with Crippen molar-refractivity contribution in [1.29, 1.82) is 0 Å². The Bertz CT molecular complexity index is 669. The van der Waals surface area contributed by atoms with Crippen molar-refractivity contribution in [3.8, 4) is 0 Å². The number of anilines is 1. The third kappa shape index (κ3) is 7.15. The van der Waals surface area contributed by atoms with E-state index in [1.807, 2.05) is 81.4 Å². The molecule has 0 aromatic heterocycles. The molecule has 5 heteroatoms. The molecule has 2 atom stereocenters. The molecular weight excluding hydrogens is 328 g/mol. The lowest BCUT2D eigenvalue weighted by molar-refractivity contribution is 0.0433. The number of aliphatic hydroxyl groups is 1. The molecule has 0 heterocycles. The van der Waals surface area contributed by atoms with Gasteiger partial charge in [0.15, 0.2) is 0 Å². The highest BCUT2D eigenvalue weighted by atomic mass is 16.6. The summed E-state index contributed by atoms with van der Waals surface area (Å²) in [7, 11) is 0. The smallest absolute Gasteiger partial charge is 0.407 e. The van der Waals surface area contributed by atoms with Gasteiger partial charge in [-0.3, -0.25) is 0 Å². The van der Waals surface area contributed by atoms with Crippen molar-refractivity contribution in [3.63, 3.8) is 0 Å². The molecule has 5 nitrogen and oxygen atoms in total. The van der Waals surface area contributed by atoms with Crippen LogP contribution in [0.3, 0.4) is 0 Å². The highest BCUT2D eigenvalue weighted by molar-refractivity contribution is 5.68. The van der Waals surface area contributed by atoms with Crippen LogP contribution in [-0.4, -0.2) is 35.5 Å². The molecule has 0 aliphatic carbocycles. The van der Waals surface area contributed by atoms with Gasteiger partial charge in [0.25, 0.3) is 0 Å². The van der Waals surface area contributed by atoms with Crippen molar-refractivity contribution in [2.45, 2.75) is 44.9 Å². The predicted molar refractivity (Wildman–Crippen MR) is 104 cm³/mol. The average molecular weight is 356 g/mol. The van der Waals surface area contributed by atoms with Crippen LogP contribution in [0.15, 0.2) is 60.7 Å². The van der Waals surface area contributed by atoms with Crippen LogP contribution in [0.1, 0.15) is 26.3 Å². The molecule has 0 aliphatic heterocycles. The second kappa shape index (κ2) is 9.25. The lowest BCUT2D eigenvalue weighted by atomic mass is 10.0. The van der Waals surface area contributed by atoms with Crippen molar-refractivity contribution >= 4 is 11.8 Å². The van der Waals surface area contributed by atoms with Gasteiger partial charge >= 0.3 is 6.09 Å². The number of rotatable bonds is 7. The lowest BCUT2D eigenvalue weighted by Gasteiger charge is -2.27. The van der Waals surface area contributed by atoms with Gasteiger partial charge in [0, 0.05) is 12.2 Å². The largest absolute Gasteiger partial charge is 0.444 e. The van der Waals surface area contributed by atoms with Crippen molar-refractivity contribution in [3.05, 3.63) is 66.2 Å². The van der Waals surface area contributed by atoms with Crippen molar-refractivity contribution < 1.29 is 14.6 Å². The maximum Gasteiger partial charge on any atom is 0.407 e. The highest BCUT2D eigenvalue weighted by Gasteiger charge is 2.24. The van der Waals surface area contributed by atoms with Crippen molar-refractivity contribution in [1.82, 2.24) is 5.32 Å². The average Bonchev–Trinajstić information content (AvgIpc) is 2.59. The Labute approximate surface area is 155 Å². The number of alkyl carbamates (subject to hydrolysis) is 1. The summed E-state index contributed by atoms with van der Waals surface area (Å²) in [5.41, 5.74) is 1.36. The minimum atomic E-state index is -0.775. The maximum absolute atomic E-state index is 12.2. The van der Waals surface area contributed by atoms with Crippen LogP contribution >= 0.6 is 0 Å². The molecule has 26 heavy (non-hydrogen) atoms. The molecule has 140 valence electrons. The quantitative estimate of drug-likeness (QED) is 0.709. The highest BCUT2D eigenvalue weighted by Crippen LogP contribution is 2.11. The van der Waals surface area contributed by atoms with E-state index in [0.717, 1.165) is 11.3 Å². The molecule has 0 saturated heterocycles. The Kier molecular flexibility index (Phi) is 7.04. The molecule has 2 aromatic rings. The summed E-state index contributed by atoms with van der Waals surface area (Å²) < 4.78 is 5.34. The van der Waals surface area contributed by atoms with Gasteiger partial charge in [0.1, 0.15) is 5.60 Å². The minimum Gasteiger partial charge on any atom is -0.444 e. The summed E-state index contributed by atoms with van der Waals surface area (Å²) in [4.78, 5) is 12.2. The molecule has 0 bridgehead atoms. The van der Waals surface area contributed by atoms with E-state index in [2.05, 4.69) is 10.6 Å². The number of benzene rings is 2. The molecule has 0 fully saturated rings. The Balaban J connectivity index is 2.02. The van der Waals surface area contributed by atoms with Gasteiger partial charge in [0.05, 0.1) is 12.1 Å². The minimum absolute atomic E-state index is 0.317. The topological polar surface area (TPSA) is 70.6 Å². The number of hydrogen-bond acceptors (Lipinski definition) is 4. The number of para-hydroxylation sites is 1. The number of aliphatic hydroxyl groups excluding tert-OH is 1. The number of nitrogens with one attached hydrogen (secondary N) is 2. The number of carbonyl (C=O) groups is 1. The zero-order valence-electron chi connectivity index (χ0n) is 15.6. The second-order valence-electron chi connectivity index (χ2n) is 7.26. The van der Waals surface area contributed by atoms with Crippen LogP contribution in [0.5, 0.6) is 0 Å². The molecule has 1 amide bonds. The van der Waals surface area contributed by atoms with Crippen molar-refractivity contribution in [2.75, 3.05) is 11.9 Å². The number of hydrogen-bond donors (Lipinski definition) is 3. The summed E-state index contributed by atoms with van der Waals surface area (Å²) in [6, 6.07) is 18.9. The van der Waals surface area contributed by atoms with Crippen LogP contribution < -0.4 is 10.6 Å². The summed E-state index contributed by atoms with van der Waals surface area (Å²) in [6.07, 6.45) is -0.794. The summed E-state index contributed by atoms with van der Waals surface area (Å²) >= 11 is 0. The Morgan fingerprint density at radius 2 is 1.62 bits per heavy atom. The Morgan fingerprint density at radius 3 is 2.19 bits per heavy atom.